The van der Waals surface area contributed by atoms with Gasteiger partial charge in [0, 0.05) is 11.8 Å². The zero-order valence-corrected chi connectivity index (χ0v) is 9.58. The van der Waals surface area contributed by atoms with E-state index in [4.69, 9.17) is 5.73 Å². The Hall–Kier alpha value is -0.990. The summed E-state index contributed by atoms with van der Waals surface area (Å²) in [5, 5.41) is 4.44. The van der Waals surface area contributed by atoms with E-state index < -0.39 is 0 Å². The van der Waals surface area contributed by atoms with Gasteiger partial charge < -0.3 is 5.73 Å². The Balaban J connectivity index is 2.18. The smallest absolute Gasteiger partial charge is 0.145 e. The number of hydrogen-bond acceptors (Lipinski definition) is 2. The van der Waals surface area contributed by atoms with Gasteiger partial charge in [-0.2, -0.15) is 5.10 Å². The number of nitrogen functional groups attached to an aromatic ring is 1. The Morgan fingerprint density at radius 2 is 2.00 bits per heavy atom. The molecular formula is C12H21N3. The van der Waals surface area contributed by atoms with Gasteiger partial charge in [-0.15, -0.1) is 0 Å². The molecule has 0 aromatic carbocycles. The first-order valence-electron chi connectivity index (χ1n) is 6.15. The number of nitrogens with two attached hydrogens (primary N) is 1. The summed E-state index contributed by atoms with van der Waals surface area (Å²) in [6, 6.07) is 2.62. The summed E-state index contributed by atoms with van der Waals surface area (Å²) in [6.45, 7) is 2.17. The largest absolute Gasteiger partial charge is 0.382 e. The molecule has 2 rings (SSSR count). The van der Waals surface area contributed by atoms with E-state index in [0.29, 0.717) is 11.9 Å². The van der Waals surface area contributed by atoms with Crippen LogP contribution < -0.4 is 5.73 Å². The lowest BCUT2D eigenvalue weighted by Gasteiger charge is -2.17. The number of nitrogens with zero attached hydrogens (tertiary/aromatic N) is 2. The molecule has 0 unspecified atom stereocenters. The van der Waals surface area contributed by atoms with Crippen molar-refractivity contribution in [2.75, 3.05) is 5.73 Å². The molecule has 1 heterocycles. The van der Waals surface area contributed by atoms with Gasteiger partial charge in [0.1, 0.15) is 5.82 Å². The summed E-state index contributed by atoms with van der Waals surface area (Å²) in [7, 11) is 0. The first kappa shape index (κ1) is 10.5. The van der Waals surface area contributed by atoms with Crippen molar-refractivity contribution in [2.45, 2.75) is 57.9 Å². The fourth-order valence-electron chi connectivity index (χ4n) is 2.54. The molecule has 3 nitrogen and oxygen atoms in total. The van der Waals surface area contributed by atoms with Gasteiger partial charge in [-0.05, 0) is 19.3 Å². The van der Waals surface area contributed by atoms with Gasteiger partial charge in [0.25, 0.3) is 0 Å². The molecule has 0 amide bonds. The first-order valence-corrected chi connectivity index (χ1v) is 6.15. The molecule has 84 valence electrons. The predicted molar refractivity (Wildman–Crippen MR) is 62.8 cm³/mol. The molecule has 0 bridgehead atoms. The van der Waals surface area contributed by atoms with E-state index in [1.54, 1.807) is 0 Å². The Labute approximate surface area is 91.7 Å². The van der Waals surface area contributed by atoms with Gasteiger partial charge in [-0.25, -0.2) is 0 Å². The topological polar surface area (TPSA) is 43.8 Å². The van der Waals surface area contributed by atoms with Gasteiger partial charge in [0.05, 0.1) is 6.04 Å². The molecule has 1 fully saturated rings. The molecule has 15 heavy (non-hydrogen) atoms. The molecule has 0 radical (unpaired) electrons. The van der Waals surface area contributed by atoms with Crippen molar-refractivity contribution in [3.63, 3.8) is 0 Å². The quantitative estimate of drug-likeness (QED) is 0.758. The second-order valence-corrected chi connectivity index (χ2v) is 4.50. The molecule has 2 N–H and O–H groups in total. The lowest BCUT2D eigenvalue weighted by Crippen LogP contribution is -2.12. The maximum absolute atomic E-state index is 5.77. The van der Waals surface area contributed by atoms with Gasteiger partial charge >= 0.3 is 0 Å². The average Bonchev–Trinajstić information content (AvgIpc) is 2.47. The van der Waals surface area contributed by atoms with Gasteiger partial charge in [-0.3, -0.25) is 4.68 Å². The SMILES string of the molecule is CCc1cc(N)nn1C1CCCCCC1. The molecule has 3 heteroatoms. The van der Waals surface area contributed by atoms with E-state index in [1.807, 2.05) is 6.07 Å². The van der Waals surface area contributed by atoms with Crippen molar-refractivity contribution in [3.8, 4) is 0 Å². The minimum atomic E-state index is 0.597. The first-order chi connectivity index (χ1) is 7.31. The van der Waals surface area contributed by atoms with Crippen LogP contribution in [-0.2, 0) is 6.42 Å². The third-order valence-corrected chi connectivity index (χ3v) is 3.36. The fourth-order valence-corrected chi connectivity index (χ4v) is 2.54. The Morgan fingerprint density at radius 3 is 2.60 bits per heavy atom. The zero-order valence-electron chi connectivity index (χ0n) is 9.58. The second kappa shape index (κ2) is 4.69. The van der Waals surface area contributed by atoms with E-state index in [1.165, 1.54) is 44.2 Å². The van der Waals surface area contributed by atoms with Crippen LogP contribution >= 0.6 is 0 Å². The minimum Gasteiger partial charge on any atom is -0.382 e. The van der Waals surface area contributed by atoms with Crippen molar-refractivity contribution in [1.82, 2.24) is 9.78 Å². The molecule has 0 atom stereocenters. The maximum Gasteiger partial charge on any atom is 0.145 e. The van der Waals surface area contributed by atoms with Crippen LogP contribution in [0, 0.1) is 0 Å². The number of aryl methyl sites for hydroxylation is 1. The highest BCUT2D eigenvalue weighted by Gasteiger charge is 2.17. The fraction of sp³-hybridized carbons (Fsp3) is 0.750. The van der Waals surface area contributed by atoms with Crippen molar-refractivity contribution >= 4 is 5.82 Å². The molecule has 1 aromatic heterocycles. The Bertz CT molecular complexity index is 309. The third-order valence-electron chi connectivity index (χ3n) is 3.36. The van der Waals surface area contributed by atoms with Crippen LogP contribution in [0.15, 0.2) is 6.07 Å². The summed E-state index contributed by atoms with van der Waals surface area (Å²) in [5.41, 5.74) is 7.06. The molecule has 1 aliphatic rings. The molecular weight excluding hydrogens is 186 g/mol. The van der Waals surface area contributed by atoms with Crippen LogP contribution in [0.5, 0.6) is 0 Å². The molecule has 1 aromatic rings. The second-order valence-electron chi connectivity index (χ2n) is 4.50. The average molecular weight is 207 g/mol. The molecule has 0 aliphatic heterocycles. The third kappa shape index (κ3) is 2.33. The Morgan fingerprint density at radius 1 is 1.33 bits per heavy atom. The molecule has 0 spiro atoms. The molecule has 0 saturated heterocycles. The van der Waals surface area contributed by atoms with E-state index in [0.717, 1.165) is 6.42 Å². The summed E-state index contributed by atoms with van der Waals surface area (Å²) in [5.74, 6) is 0.677. The van der Waals surface area contributed by atoms with E-state index in [2.05, 4.69) is 16.7 Å². The van der Waals surface area contributed by atoms with Crippen LogP contribution in [0.4, 0.5) is 5.82 Å². The maximum atomic E-state index is 5.77. The monoisotopic (exact) mass is 207 g/mol. The summed E-state index contributed by atoms with van der Waals surface area (Å²) >= 11 is 0. The number of anilines is 1. The number of rotatable bonds is 2. The van der Waals surface area contributed by atoms with Crippen LogP contribution in [-0.4, -0.2) is 9.78 Å². The van der Waals surface area contributed by atoms with Gasteiger partial charge in [0.15, 0.2) is 0 Å². The van der Waals surface area contributed by atoms with Crippen molar-refractivity contribution < 1.29 is 0 Å². The normalized spacial score (nSPS) is 19.0. The standard InChI is InChI=1S/C12H21N3/c1-2-10-9-12(13)14-15(10)11-7-5-3-4-6-8-11/h9,11H,2-8H2,1H3,(H2,13,14). The zero-order chi connectivity index (χ0) is 10.7. The predicted octanol–water partition coefficient (Wildman–Crippen LogP) is 2.92. The van der Waals surface area contributed by atoms with Crippen molar-refractivity contribution in [3.05, 3.63) is 11.8 Å². The van der Waals surface area contributed by atoms with Crippen molar-refractivity contribution in [1.29, 1.82) is 0 Å². The highest BCUT2D eigenvalue weighted by molar-refractivity contribution is 5.29. The molecule has 1 aliphatic carbocycles. The summed E-state index contributed by atoms with van der Waals surface area (Å²) in [6.07, 6.45) is 9.02. The highest BCUT2D eigenvalue weighted by atomic mass is 15.3. The van der Waals surface area contributed by atoms with Gasteiger partial charge in [0.2, 0.25) is 0 Å². The van der Waals surface area contributed by atoms with E-state index in [-0.39, 0.29) is 0 Å². The van der Waals surface area contributed by atoms with Crippen molar-refractivity contribution in [2.24, 2.45) is 0 Å². The minimum absolute atomic E-state index is 0.597. The van der Waals surface area contributed by atoms with E-state index in [9.17, 15) is 0 Å². The highest BCUT2D eigenvalue weighted by Crippen LogP contribution is 2.28. The lowest BCUT2D eigenvalue weighted by molar-refractivity contribution is 0.395. The summed E-state index contributed by atoms with van der Waals surface area (Å²) in [4.78, 5) is 0. The number of hydrogen-bond donors (Lipinski definition) is 1. The van der Waals surface area contributed by atoms with Crippen LogP contribution in [0.3, 0.4) is 0 Å². The molecule has 1 saturated carbocycles. The lowest BCUT2D eigenvalue weighted by atomic mass is 10.1. The van der Waals surface area contributed by atoms with Crippen LogP contribution in [0.1, 0.15) is 57.2 Å². The Kier molecular flexibility index (Phi) is 3.29. The van der Waals surface area contributed by atoms with Crippen LogP contribution in [0.2, 0.25) is 0 Å². The van der Waals surface area contributed by atoms with E-state index >= 15 is 0 Å². The van der Waals surface area contributed by atoms with Crippen LogP contribution in [0.25, 0.3) is 0 Å². The summed E-state index contributed by atoms with van der Waals surface area (Å²) < 4.78 is 2.18. The van der Waals surface area contributed by atoms with Gasteiger partial charge in [-0.1, -0.05) is 32.6 Å². The number of aromatic nitrogens is 2.